The van der Waals surface area contributed by atoms with Crippen molar-refractivity contribution in [1.82, 2.24) is 20.8 Å². The molecule has 0 aromatic carbocycles. The minimum Gasteiger partial charge on any atom is -0.388 e. The number of carbonyl (C=O) groups is 1. The predicted molar refractivity (Wildman–Crippen MR) is 85.2 cm³/mol. The Balaban J connectivity index is 1.71. The topological polar surface area (TPSA) is 90.0 Å². The van der Waals surface area contributed by atoms with Gasteiger partial charge in [-0.3, -0.25) is 5.10 Å². The lowest BCUT2D eigenvalue weighted by Crippen LogP contribution is -2.48. The molecule has 2 amide bonds. The van der Waals surface area contributed by atoms with Crippen LogP contribution in [0.25, 0.3) is 0 Å². The summed E-state index contributed by atoms with van der Waals surface area (Å²) in [6.45, 7) is 7.46. The Labute approximate surface area is 132 Å². The lowest BCUT2D eigenvalue weighted by molar-refractivity contribution is -0.0218. The summed E-state index contributed by atoms with van der Waals surface area (Å²) in [5.41, 5.74) is 0.364. The van der Waals surface area contributed by atoms with Crippen molar-refractivity contribution in [2.45, 2.75) is 58.6 Å². The quantitative estimate of drug-likeness (QED) is 0.687. The van der Waals surface area contributed by atoms with Crippen molar-refractivity contribution in [3.8, 4) is 0 Å². The molecule has 0 spiro atoms. The first-order chi connectivity index (χ1) is 10.3. The molecule has 4 N–H and O–H groups in total. The molecule has 0 aliphatic heterocycles. The van der Waals surface area contributed by atoms with Gasteiger partial charge in [-0.25, -0.2) is 4.79 Å². The molecule has 22 heavy (non-hydrogen) atoms. The summed E-state index contributed by atoms with van der Waals surface area (Å²) in [7, 11) is 0. The van der Waals surface area contributed by atoms with Gasteiger partial charge in [0.1, 0.15) is 0 Å². The van der Waals surface area contributed by atoms with Gasteiger partial charge in [-0.2, -0.15) is 5.10 Å². The standard InChI is InChI=1S/C16H28N4O2/c1-15(2,3)12-4-7-16(22,8-5-12)11-18-14(21)17-10-13-6-9-19-20-13/h6,9,12,22H,4-5,7-8,10-11H2,1-3H3,(H,19,20)(H2,17,18,21). The van der Waals surface area contributed by atoms with E-state index < -0.39 is 5.60 Å². The average Bonchev–Trinajstić information content (AvgIpc) is 2.96. The van der Waals surface area contributed by atoms with Gasteiger partial charge >= 0.3 is 6.03 Å². The van der Waals surface area contributed by atoms with Crippen LogP contribution in [0.2, 0.25) is 0 Å². The zero-order chi connectivity index (χ0) is 16.2. The van der Waals surface area contributed by atoms with Gasteiger partial charge in [0.05, 0.1) is 17.8 Å². The number of H-pyrrole nitrogens is 1. The summed E-state index contributed by atoms with van der Waals surface area (Å²) in [5.74, 6) is 0.641. The van der Waals surface area contributed by atoms with Crippen molar-refractivity contribution in [3.05, 3.63) is 18.0 Å². The average molecular weight is 308 g/mol. The molecule has 0 bridgehead atoms. The molecule has 1 aromatic heterocycles. The molecule has 6 nitrogen and oxygen atoms in total. The Morgan fingerprint density at radius 2 is 2.09 bits per heavy atom. The zero-order valence-corrected chi connectivity index (χ0v) is 13.8. The number of hydrogen-bond donors (Lipinski definition) is 4. The molecule has 1 fully saturated rings. The third-order valence-corrected chi connectivity index (χ3v) is 4.72. The minimum atomic E-state index is -0.771. The molecule has 124 valence electrons. The van der Waals surface area contributed by atoms with E-state index in [4.69, 9.17) is 0 Å². The predicted octanol–water partition coefficient (Wildman–Crippen LogP) is 2.18. The van der Waals surface area contributed by atoms with Crippen LogP contribution in [0, 0.1) is 11.3 Å². The normalized spacial score (nSPS) is 25.7. The van der Waals surface area contributed by atoms with Crippen molar-refractivity contribution in [1.29, 1.82) is 0 Å². The van der Waals surface area contributed by atoms with Gasteiger partial charge in [-0.15, -0.1) is 0 Å². The molecule has 0 radical (unpaired) electrons. The highest BCUT2D eigenvalue weighted by Gasteiger charge is 2.37. The second-order valence-electron chi connectivity index (χ2n) is 7.48. The van der Waals surface area contributed by atoms with E-state index in [0.29, 0.717) is 19.0 Å². The van der Waals surface area contributed by atoms with E-state index >= 15 is 0 Å². The maximum Gasteiger partial charge on any atom is 0.315 e. The fraction of sp³-hybridized carbons (Fsp3) is 0.750. The Morgan fingerprint density at radius 3 is 2.64 bits per heavy atom. The number of rotatable bonds is 4. The van der Waals surface area contributed by atoms with Crippen molar-refractivity contribution in [2.24, 2.45) is 11.3 Å². The molecule has 0 atom stereocenters. The van der Waals surface area contributed by atoms with Crippen LogP contribution in [0.15, 0.2) is 12.3 Å². The highest BCUT2D eigenvalue weighted by atomic mass is 16.3. The number of nitrogens with one attached hydrogen (secondary N) is 3. The molecule has 1 aliphatic carbocycles. The van der Waals surface area contributed by atoms with E-state index in [-0.39, 0.29) is 11.4 Å². The van der Waals surface area contributed by atoms with Crippen LogP contribution in [-0.2, 0) is 6.54 Å². The first kappa shape index (κ1) is 16.8. The highest BCUT2D eigenvalue weighted by molar-refractivity contribution is 5.73. The second kappa shape index (κ2) is 6.69. The van der Waals surface area contributed by atoms with Crippen LogP contribution in [0.1, 0.15) is 52.1 Å². The lowest BCUT2D eigenvalue weighted by Gasteiger charge is -2.41. The van der Waals surface area contributed by atoms with E-state index in [0.717, 1.165) is 31.4 Å². The van der Waals surface area contributed by atoms with Gasteiger partial charge < -0.3 is 15.7 Å². The molecular weight excluding hydrogens is 280 g/mol. The van der Waals surface area contributed by atoms with Crippen LogP contribution in [0.5, 0.6) is 0 Å². The maximum atomic E-state index is 11.8. The molecule has 0 unspecified atom stereocenters. The number of nitrogens with zero attached hydrogens (tertiary/aromatic N) is 1. The number of hydrogen-bond acceptors (Lipinski definition) is 3. The fourth-order valence-electron chi connectivity index (χ4n) is 3.06. The molecule has 1 aliphatic rings. The second-order valence-corrected chi connectivity index (χ2v) is 7.48. The summed E-state index contributed by atoms with van der Waals surface area (Å²) in [4.78, 5) is 11.8. The van der Waals surface area contributed by atoms with Gasteiger partial charge in [-0.05, 0) is 43.1 Å². The summed E-state index contributed by atoms with van der Waals surface area (Å²) >= 11 is 0. The van der Waals surface area contributed by atoms with Crippen molar-refractivity contribution < 1.29 is 9.90 Å². The summed E-state index contributed by atoms with van der Waals surface area (Å²) in [6, 6.07) is 1.54. The molecule has 0 saturated heterocycles. The number of amides is 2. The van der Waals surface area contributed by atoms with Crippen molar-refractivity contribution in [2.75, 3.05) is 6.54 Å². The van der Waals surface area contributed by atoms with Gasteiger partial charge in [0, 0.05) is 12.7 Å². The van der Waals surface area contributed by atoms with Crippen molar-refractivity contribution in [3.63, 3.8) is 0 Å². The van der Waals surface area contributed by atoms with Gasteiger partial charge in [0.15, 0.2) is 0 Å². The van der Waals surface area contributed by atoms with E-state index in [1.807, 2.05) is 6.07 Å². The summed E-state index contributed by atoms with van der Waals surface area (Å²) in [5, 5.41) is 22.7. The Bertz CT molecular complexity index is 471. The SMILES string of the molecule is CC(C)(C)C1CCC(O)(CNC(=O)NCc2ccn[nH]2)CC1. The number of urea groups is 1. The van der Waals surface area contributed by atoms with Crippen LogP contribution < -0.4 is 10.6 Å². The van der Waals surface area contributed by atoms with Gasteiger partial charge in [0.2, 0.25) is 0 Å². The monoisotopic (exact) mass is 308 g/mol. The zero-order valence-electron chi connectivity index (χ0n) is 13.8. The molecule has 1 heterocycles. The molecule has 1 aromatic rings. The number of aliphatic hydroxyl groups is 1. The van der Waals surface area contributed by atoms with E-state index in [2.05, 4.69) is 41.6 Å². The molecule has 6 heteroatoms. The van der Waals surface area contributed by atoms with Gasteiger partial charge in [-0.1, -0.05) is 20.8 Å². The molecular formula is C16H28N4O2. The van der Waals surface area contributed by atoms with Crippen LogP contribution in [0.3, 0.4) is 0 Å². The van der Waals surface area contributed by atoms with E-state index in [9.17, 15) is 9.90 Å². The smallest absolute Gasteiger partial charge is 0.315 e. The number of aromatic amines is 1. The number of carbonyl (C=O) groups excluding carboxylic acids is 1. The highest BCUT2D eigenvalue weighted by Crippen LogP contribution is 2.41. The molecule has 1 saturated carbocycles. The first-order valence-electron chi connectivity index (χ1n) is 8.01. The van der Waals surface area contributed by atoms with E-state index in [1.54, 1.807) is 6.20 Å². The van der Waals surface area contributed by atoms with Crippen LogP contribution in [0.4, 0.5) is 4.79 Å². The van der Waals surface area contributed by atoms with Crippen LogP contribution in [-0.4, -0.2) is 33.5 Å². The van der Waals surface area contributed by atoms with Gasteiger partial charge in [0.25, 0.3) is 0 Å². The Kier molecular flexibility index (Phi) is 5.11. The first-order valence-corrected chi connectivity index (χ1v) is 8.01. The molecule has 2 rings (SSSR count). The Hall–Kier alpha value is -1.56. The van der Waals surface area contributed by atoms with Crippen molar-refractivity contribution >= 4 is 6.03 Å². The largest absolute Gasteiger partial charge is 0.388 e. The maximum absolute atomic E-state index is 11.8. The minimum absolute atomic E-state index is 0.263. The van der Waals surface area contributed by atoms with Crippen LogP contribution >= 0.6 is 0 Å². The van der Waals surface area contributed by atoms with E-state index in [1.165, 1.54) is 0 Å². The summed E-state index contributed by atoms with van der Waals surface area (Å²) in [6.07, 6.45) is 5.16. The summed E-state index contributed by atoms with van der Waals surface area (Å²) < 4.78 is 0. The fourth-order valence-corrected chi connectivity index (χ4v) is 3.06. The lowest BCUT2D eigenvalue weighted by atomic mass is 9.68. The third kappa shape index (κ3) is 4.73. The Morgan fingerprint density at radius 1 is 1.41 bits per heavy atom. The number of aromatic nitrogens is 2. The third-order valence-electron chi connectivity index (χ3n) is 4.72.